The van der Waals surface area contributed by atoms with Gasteiger partial charge in [-0.15, -0.1) is 0 Å². The highest BCUT2D eigenvalue weighted by molar-refractivity contribution is 6.33. The van der Waals surface area contributed by atoms with Gasteiger partial charge in [0, 0.05) is 16.1 Å². The summed E-state index contributed by atoms with van der Waals surface area (Å²) < 4.78 is 5.64. The standard InChI is InChI=1S/C11H24OSi/c1-11(2,3)12-9-7-5-6-8-10-13-4/h5-10H2,1-4H3. The highest BCUT2D eigenvalue weighted by Gasteiger charge is 2.08. The first-order chi connectivity index (χ1) is 6.06. The minimum atomic E-state index is 0.0464. The van der Waals surface area contributed by atoms with E-state index in [4.69, 9.17) is 4.74 Å². The third-order valence-corrected chi connectivity index (χ3v) is 2.71. The molecule has 0 atom stereocenters. The first-order valence-electron chi connectivity index (χ1n) is 5.35. The van der Waals surface area contributed by atoms with Crippen molar-refractivity contribution >= 4 is 9.52 Å². The van der Waals surface area contributed by atoms with Gasteiger partial charge in [-0.25, -0.2) is 0 Å². The van der Waals surface area contributed by atoms with Crippen LogP contribution in [0.4, 0.5) is 0 Å². The predicted molar refractivity (Wildman–Crippen MR) is 60.6 cm³/mol. The number of ether oxygens (including phenoxy) is 1. The summed E-state index contributed by atoms with van der Waals surface area (Å²) in [6, 6.07) is 1.42. The number of hydrogen-bond acceptors (Lipinski definition) is 1. The van der Waals surface area contributed by atoms with Gasteiger partial charge in [0.25, 0.3) is 0 Å². The number of hydrogen-bond donors (Lipinski definition) is 0. The van der Waals surface area contributed by atoms with Crippen molar-refractivity contribution in [2.75, 3.05) is 6.61 Å². The summed E-state index contributed by atoms with van der Waals surface area (Å²) in [5.41, 5.74) is 0.0464. The molecular weight excluding hydrogens is 176 g/mol. The van der Waals surface area contributed by atoms with Crippen LogP contribution in [-0.4, -0.2) is 21.7 Å². The van der Waals surface area contributed by atoms with Crippen LogP contribution < -0.4 is 0 Å². The van der Waals surface area contributed by atoms with E-state index in [0.717, 1.165) is 16.1 Å². The van der Waals surface area contributed by atoms with Gasteiger partial charge in [-0.2, -0.15) is 0 Å². The van der Waals surface area contributed by atoms with Gasteiger partial charge in [-0.3, -0.25) is 0 Å². The lowest BCUT2D eigenvalue weighted by molar-refractivity contribution is -0.00471. The van der Waals surface area contributed by atoms with E-state index < -0.39 is 0 Å². The molecule has 0 saturated carbocycles. The maximum Gasteiger partial charge on any atom is 0.0598 e. The first kappa shape index (κ1) is 13.2. The van der Waals surface area contributed by atoms with Crippen LogP contribution in [0.2, 0.25) is 12.6 Å². The molecule has 0 saturated heterocycles. The maximum atomic E-state index is 5.64. The fourth-order valence-corrected chi connectivity index (χ4v) is 1.74. The van der Waals surface area contributed by atoms with E-state index in [-0.39, 0.29) is 5.60 Å². The Balaban J connectivity index is 3.00. The lowest BCUT2D eigenvalue weighted by Crippen LogP contribution is -2.19. The van der Waals surface area contributed by atoms with Crippen molar-refractivity contribution in [3.05, 3.63) is 0 Å². The van der Waals surface area contributed by atoms with Crippen LogP contribution in [0.15, 0.2) is 0 Å². The van der Waals surface area contributed by atoms with Crippen LogP contribution in [0.25, 0.3) is 0 Å². The van der Waals surface area contributed by atoms with Gasteiger partial charge in [0.1, 0.15) is 0 Å². The van der Waals surface area contributed by atoms with Crippen LogP contribution in [0, 0.1) is 0 Å². The van der Waals surface area contributed by atoms with E-state index in [0.29, 0.717) is 0 Å². The predicted octanol–water partition coefficient (Wildman–Crippen LogP) is 3.53. The normalized spacial score (nSPS) is 12.0. The van der Waals surface area contributed by atoms with Crippen LogP contribution in [0.5, 0.6) is 0 Å². The molecule has 0 amide bonds. The molecule has 0 aliphatic carbocycles. The highest BCUT2D eigenvalue weighted by Crippen LogP contribution is 2.09. The van der Waals surface area contributed by atoms with Gasteiger partial charge < -0.3 is 4.74 Å². The molecule has 0 aromatic heterocycles. The van der Waals surface area contributed by atoms with E-state index in [1.807, 2.05) is 0 Å². The van der Waals surface area contributed by atoms with E-state index in [9.17, 15) is 0 Å². The average Bonchev–Trinajstić information content (AvgIpc) is 2.01. The molecule has 0 bridgehead atoms. The van der Waals surface area contributed by atoms with E-state index in [1.54, 1.807) is 0 Å². The Morgan fingerprint density at radius 2 is 1.62 bits per heavy atom. The van der Waals surface area contributed by atoms with Crippen molar-refractivity contribution in [1.82, 2.24) is 0 Å². The lowest BCUT2D eigenvalue weighted by Gasteiger charge is -2.19. The third-order valence-electron chi connectivity index (χ3n) is 1.86. The second kappa shape index (κ2) is 7.57. The van der Waals surface area contributed by atoms with Crippen molar-refractivity contribution in [2.24, 2.45) is 0 Å². The molecule has 0 aliphatic heterocycles. The van der Waals surface area contributed by atoms with Crippen molar-refractivity contribution in [3.8, 4) is 0 Å². The fourth-order valence-electron chi connectivity index (χ4n) is 1.14. The quantitative estimate of drug-likeness (QED) is 0.451. The Hall–Kier alpha value is 0.177. The van der Waals surface area contributed by atoms with Crippen molar-refractivity contribution in [3.63, 3.8) is 0 Å². The largest absolute Gasteiger partial charge is 0.376 e. The third kappa shape index (κ3) is 12.2. The molecule has 0 aliphatic rings. The molecule has 78 valence electrons. The molecule has 0 fully saturated rings. The van der Waals surface area contributed by atoms with Gasteiger partial charge in [0.05, 0.1) is 5.60 Å². The lowest BCUT2D eigenvalue weighted by atomic mass is 10.2. The molecule has 0 N–H and O–H groups in total. The summed E-state index contributed by atoms with van der Waals surface area (Å²) in [4.78, 5) is 0. The van der Waals surface area contributed by atoms with E-state index in [2.05, 4.69) is 27.3 Å². The van der Waals surface area contributed by atoms with Gasteiger partial charge in [-0.1, -0.05) is 31.9 Å². The Morgan fingerprint density at radius 1 is 1.00 bits per heavy atom. The van der Waals surface area contributed by atoms with Crippen LogP contribution >= 0.6 is 0 Å². The van der Waals surface area contributed by atoms with Crippen LogP contribution in [-0.2, 0) is 4.74 Å². The summed E-state index contributed by atoms with van der Waals surface area (Å²) in [7, 11) is 1.13. The topological polar surface area (TPSA) is 9.23 Å². The van der Waals surface area contributed by atoms with Crippen molar-refractivity contribution < 1.29 is 4.74 Å². The number of unbranched alkanes of at least 4 members (excludes halogenated alkanes) is 3. The zero-order valence-electron chi connectivity index (χ0n) is 9.65. The molecular formula is C11H24OSi. The maximum absolute atomic E-state index is 5.64. The van der Waals surface area contributed by atoms with Crippen molar-refractivity contribution in [2.45, 2.75) is 64.6 Å². The second-order valence-corrected chi connectivity index (χ2v) is 5.69. The molecule has 0 unspecified atom stereocenters. The van der Waals surface area contributed by atoms with E-state index >= 15 is 0 Å². The molecule has 0 heterocycles. The Kier molecular flexibility index (Phi) is 7.67. The second-order valence-electron chi connectivity index (χ2n) is 4.48. The SMILES string of the molecule is C[Si]CCCCCCOC(C)(C)C. The van der Waals surface area contributed by atoms with Crippen LogP contribution in [0.1, 0.15) is 46.5 Å². The summed E-state index contributed by atoms with van der Waals surface area (Å²) in [5.74, 6) is 0. The zero-order chi connectivity index (χ0) is 10.2. The molecule has 1 nitrogen and oxygen atoms in total. The van der Waals surface area contributed by atoms with Gasteiger partial charge >= 0.3 is 0 Å². The fraction of sp³-hybridized carbons (Fsp3) is 1.00. The van der Waals surface area contributed by atoms with Crippen molar-refractivity contribution in [1.29, 1.82) is 0 Å². The minimum Gasteiger partial charge on any atom is -0.376 e. The molecule has 2 heteroatoms. The minimum absolute atomic E-state index is 0.0464. The molecule has 2 radical (unpaired) electrons. The van der Waals surface area contributed by atoms with Gasteiger partial charge in [-0.05, 0) is 27.2 Å². The van der Waals surface area contributed by atoms with E-state index in [1.165, 1.54) is 31.7 Å². The Labute approximate surface area is 86.1 Å². The molecule has 0 aromatic rings. The molecule has 0 aromatic carbocycles. The van der Waals surface area contributed by atoms with Gasteiger partial charge in [0.2, 0.25) is 0 Å². The number of rotatable bonds is 7. The zero-order valence-corrected chi connectivity index (χ0v) is 10.7. The van der Waals surface area contributed by atoms with Gasteiger partial charge in [0.15, 0.2) is 0 Å². The summed E-state index contributed by atoms with van der Waals surface area (Å²) >= 11 is 0. The molecule has 0 spiro atoms. The smallest absolute Gasteiger partial charge is 0.0598 e. The molecule has 0 rings (SSSR count). The first-order valence-corrected chi connectivity index (χ1v) is 7.05. The summed E-state index contributed by atoms with van der Waals surface area (Å²) in [6.07, 6.45) is 5.35. The monoisotopic (exact) mass is 200 g/mol. The average molecular weight is 200 g/mol. The Bertz CT molecular complexity index is 107. The summed E-state index contributed by atoms with van der Waals surface area (Å²) in [6.45, 7) is 9.56. The highest BCUT2D eigenvalue weighted by atomic mass is 28.2. The summed E-state index contributed by atoms with van der Waals surface area (Å²) in [5, 5.41) is 0. The van der Waals surface area contributed by atoms with Crippen LogP contribution in [0.3, 0.4) is 0 Å². The Morgan fingerprint density at radius 3 is 2.15 bits per heavy atom. The molecule has 13 heavy (non-hydrogen) atoms.